The smallest absolute Gasteiger partial charge is 0.0860 e. The molecule has 1 rings (SSSR count). The zero-order valence-corrected chi connectivity index (χ0v) is 9.89. The molecule has 0 aromatic carbocycles. The van der Waals surface area contributed by atoms with Gasteiger partial charge in [0.15, 0.2) is 0 Å². The highest BCUT2D eigenvalue weighted by molar-refractivity contribution is 4.73. The molecular formula is C12H26N2. The first-order valence-corrected chi connectivity index (χ1v) is 6.33. The molecule has 0 amide bonds. The maximum absolute atomic E-state index is 3.28. The molecule has 1 fully saturated rings. The van der Waals surface area contributed by atoms with Gasteiger partial charge >= 0.3 is 0 Å². The quantitative estimate of drug-likeness (QED) is 0.454. The topological polar surface area (TPSA) is 25.0 Å². The molecule has 0 bridgehead atoms. The minimum Gasteiger partial charge on any atom is -0.235 e. The maximum Gasteiger partial charge on any atom is 0.0860 e. The Balaban J connectivity index is 1.68. The third kappa shape index (κ3) is 5.61. The van der Waals surface area contributed by atoms with E-state index in [2.05, 4.69) is 24.4 Å². The van der Waals surface area contributed by atoms with Crippen molar-refractivity contribution in [1.82, 2.24) is 10.4 Å². The monoisotopic (exact) mass is 198 g/mol. The third-order valence-electron chi connectivity index (χ3n) is 3.08. The number of hydrogen-bond acceptors (Lipinski definition) is 2. The molecule has 1 aliphatic rings. The SMILES string of the molecule is CCCCCCCCCCC1NN1C. The van der Waals surface area contributed by atoms with Crippen LogP contribution >= 0.6 is 0 Å². The molecule has 0 saturated carbocycles. The van der Waals surface area contributed by atoms with Gasteiger partial charge in [0.25, 0.3) is 0 Å². The van der Waals surface area contributed by atoms with Crippen LogP contribution in [-0.4, -0.2) is 18.2 Å². The van der Waals surface area contributed by atoms with Crippen molar-refractivity contribution in [3.63, 3.8) is 0 Å². The Bertz CT molecular complexity index is 136. The first-order chi connectivity index (χ1) is 6.84. The summed E-state index contributed by atoms with van der Waals surface area (Å²) in [6, 6.07) is 0. The number of rotatable bonds is 9. The van der Waals surface area contributed by atoms with Crippen molar-refractivity contribution in [2.45, 2.75) is 70.9 Å². The molecule has 2 nitrogen and oxygen atoms in total. The second-order valence-electron chi connectivity index (χ2n) is 4.52. The van der Waals surface area contributed by atoms with Gasteiger partial charge in [0.05, 0.1) is 6.17 Å². The molecule has 2 atom stereocenters. The fraction of sp³-hybridized carbons (Fsp3) is 1.00. The van der Waals surface area contributed by atoms with Crippen LogP contribution in [0.25, 0.3) is 0 Å². The Morgan fingerprint density at radius 3 is 1.93 bits per heavy atom. The Morgan fingerprint density at radius 1 is 0.929 bits per heavy atom. The first-order valence-electron chi connectivity index (χ1n) is 6.33. The molecule has 0 aromatic rings. The number of hydrogen-bond donors (Lipinski definition) is 1. The van der Waals surface area contributed by atoms with Crippen molar-refractivity contribution in [3.8, 4) is 0 Å². The van der Waals surface area contributed by atoms with Gasteiger partial charge in [0, 0.05) is 7.05 Å². The molecular weight excluding hydrogens is 172 g/mol. The molecule has 2 heteroatoms. The summed E-state index contributed by atoms with van der Waals surface area (Å²) in [5.41, 5.74) is 3.28. The van der Waals surface area contributed by atoms with Crippen molar-refractivity contribution in [1.29, 1.82) is 0 Å². The number of hydrazine groups is 1. The summed E-state index contributed by atoms with van der Waals surface area (Å²) < 4.78 is 0. The van der Waals surface area contributed by atoms with Crippen LogP contribution in [0.15, 0.2) is 0 Å². The summed E-state index contributed by atoms with van der Waals surface area (Å²) in [4.78, 5) is 0. The van der Waals surface area contributed by atoms with E-state index in [0.29, 0.717) is 6.17 Å². The van der Waals surface area contributed by atoms with Gasteiger partial charge < -0.3 is 0 Å². The van der Waals surface area contributed by atoms with E-state index in [1.165, 1.54) is 57.8 Å². The molecule has 1 saturated heterocycles. The fourth-order valence-corrected chi connectivity index (χ4v) is 1.93. The largest absolute Gasteiger partial charge is 0.235 e. The van der Waals surface area contributed by atoms with Crippen LogP contribution in [0.4, 0.5) is 0 Å². The van der Waals surface area contributed by atoms with Crippen molar-refractivity contribution in [2.24, 2.45) is 0 Å². The second-order valence-corrected chi connectivity index (χ2v) is 4.52. The highest BCUT2D eigenvalue weighted by atomic mass is 15.7. The van der Waals surface area contributed by atoms with Crippen molar-refractivity contribution in [3.05, 3.63) is 0 Å². The van der Waals surface area contributed by atoms with Gasteiger partial charge in [0.2, 0.25) is 0 Å². The average molecular weight is 198 g/mol. The summed E-state index contributed by atoms with van der Waals surface area (Å²) in [7, 11) is 2.12. The van der Waals surface area contributed by atoms with Gasteiger partial charge in [-0.3, -0.25) is 0 Å². The molecule has 2 unspecified atom stereocenters. The lowest BCUT2D eigenvalue weighted by Crippen LogP contribution is -1.93. The van der Waals surface area contributed by atoms with Crippen LogP contribution < -0.4 is 5.43 Å². The van der Waals surface area contributed by atoms with Crippen LogP contribution in [-0.2, 0) is 0 Å². The standard InChI is InChI=1S/C12H26N2/c1-3-4-5-6-7-8-9-10-11-12-13-14(12)2/h12-13H,3-11H2,1-2H3. The molecule has 0 aromatic heterocycles. The molecule has 0 spiro atoms. The van der Waals surface area contributed by atoms with Gasteiger partial charge in [-0.1, -0.05) is 58.3 Å². The highest BCUT2D eigenvalue weighted by Gasteiger charge is 2.27. The van der Waals surface area contributed by atoms with E-state index < -0.39 is 0 Å². The molecule has 1 aliphatic heterocycles. The van der Waals surface area contributed by atoms with Gasteiger partial charge in [-0.25, -0.2) is 10.4 Å². The van der Waals surface area contributed by atoms with E-state index in [-0.39, 0.29) is 0 Å². The lowest BCUT2D eigenvalue weighted by atomic mass is 10.1. The highest BCUT2D eigenvalue weighted by Crippen LogP contribution is 2.15. The fourth-order valence-electron chi connectivity index (χ4n) is 1.93. The van der Waals surface area contributed by atoms with E-state index >= 15 is 0 Å². The molecule has 1 N–H and O–H groups in total. The third-order valence-corrected chi connectivity index (χ3v) is 3.08. The van der Waals surface area contributed by atoms with Gasteiger partial charge in [-0.15, -0.1) is 0 Å². The van der Waals surface area contributed by atoms with Crippen molar-refractivity contribution in [2.75, 3.05) is 7.05 Å². The number of unbranched alkanes of at least 4 members (excludes halogenated alkanes) is 7. The predicted molar refractivity (Wildman–Crippen MR) is 61.9 cm³/mol. The van der Waals surface area contributed by atoms with Crippen molar-refractivity contribution >= 4 is 0 Å². The predicted octanol–water partition coefficient (Wildman–Crippen LogP) is 3.29. The van der Waals surface area contributed by atoms with Gasteiger partial charge in [-0.05, 0) is 6.42 Å². The van der Waals surface area contributed by atoms with E-state index in [1.807, 2.05) is 0 Å². The van der Waals surface area contributed by atoms with Crippen LogP contribution in [0.5, 0.6) is 0 Å². The van der Waals surface area contributed by atoms with Crippen LogP contribution in [0.2, 0.25) is 0 Å². The Labute approximate surface area is 89.0 Å². The second kappa shape index (κ2) is 7.24. The molecule has 14 heavy (non-hydrogen) atoms. The summed E-state index contributed by atoms with van der Waals surface area (Å²) >= 11 is 0. The minimum atomic E-state index is 0.704. The van der Waals surface area contributed by atoms with Gasteiger partial charge in [-0.2, -0.15) is 0 Å². The zero-order valence-electron chi connectivity index (χ0n) is 9.89. The summed E-state index contributed by atoms with van der Waals surface area (Å²) in [6.07, 6.45) is 13.5. The Hall–Kier alpha value is -0.0800. The minimum absolute atomic E-state index is 0.704. The van der Waals surface area contributed by atoms with E-state index in [0.717, 1.165) is 0 Å². The summed E-state index contributed by atoms with van der Waals surface area (Å²) in [6.45, 7) is 2.28. The van der Waals surface area contributed by atoms with E-state index in [9.17, 15) is 0 Å². The normalized spacial score (nSPS) is 25.3. The number of nitrogens with zero attached hydrogens (tertiary/aromatic N) is 1. The summed E-state index contributed by atoms with van der Waals surface area (Å²) in [5.74, 6) is 0. The summed E-state index contributed by atoms with van der Waals surface area (Å²) in [5, 5.41) is 2.20. The molecule has 0 aliphatic carbocycles. The van der Waals surface area contributed by atoms with E-state index in [4.69, 9.17) is 0 Å². The molecule has 1 heterocycles. The Kier molecular flexibility index (Phi) is 6.20. The van der Waals surface area contributed by atoms with Crippen LogP contribution in [0.3, 0.4) is 0 Å². The van der Waals surface area contributed by atoms with Gasteiger partial charge in [0.1, 0.15) is 0 Å². The molecule has 0 radical (unpaired) electrons. The van der Waals surface area contributed by atoms with Crippen molar-refractivity contribution < 1.29 is 0 Å². The van der Waals surface area contributed by atoms with Crippen LogP contribution in [0.1, 0.15) is 64.7 Å². The Morgan fingerprint density at radius 2 is 1.43 bits per heavy atom. The zero-order chi connectivity index (χ0) is 10.2. The number of nitrogens with one attached hydrogen (secondary N) is 1. The van der Waals surface area contributed by atoms with E-state index in [1.54, 1.807) is 0 Å². The van der Waals surface area contributed by atoms with Crippen LogP contribution in [0, 0.1) is 0 Å². The first kappa shape index (κ1) is 12.0. The molecule has 84 valence electrons. The average Bonchev–Trinajstić information content (AvgIpc) is 2.87. The lowest BCUT2D eigenvalue weighted by Gasteiger charge is -2.00. The lowest BCUT2D eigenvalue weighted by molar-refractivity contribution is 0.526. The maximum atomic E-state index is 3.28.